The van der Waals surface area contributed by atoms with Crippen molar-refractivity contribution in [2.24, 2.45) is 5.92 Å². The molecule has 0 radical (unpaired) electrons. The Morgan fingerprint density at radius 3 is 3.12 bits per heavy atom. The number of ether oxygens (including phenoxy) is 1. The third kappa shape index (κ3) is 3.29. The van der Waals surface area contributed by atoms with Crippen molar-refractivity contribution < 1.29 is 4.74 Å². The smallest absolute Gasteiger partial charge is 0.0495 e. The molecule has 4 heteroatoms. The first-order chi connectivity index (χ1) is 7.79. The fourth-order valence-corrected chi connectivity index (χ4v) is 3.77. The first kappa shape index (κ1) is 12.6. The van der Waals surface area contributed by atoms with E-state index in [1.54, 1.807) is 0 Å². The lowest BCUT2D eigenvalue weighted by atomic mass is 9.97. The summed E-state index contributed by atoms with van der Waals surface area (Å²) in [5.41, 5.74) is 0. The highest BCUT2D eigenvalue weighted by Gasteiger charge is 2.20. The van der Waals surface area contributed by atoms with Crippen LogP contribution in [-0.2, 0) is 11.2 Å². The van der Waals surface area contributed by atoms with Gasteiger partial charge < -0.3 is 10.1 Å². The van der Waals surface area contributed by atoms with E-state index in [0.29, 0.717) is 6.04 Å². The maximum absolute atomic E-state index is 5.43. The number of nitrogens with one attached hydrogen (secondary N) is 1. The molecule has 1 aromatic heterocycles. The van der Waals surface area contributed by atoms with Gasteiger partial charge in [-0.1, -0.05) is 0 Å². The van der Waals surface area contributed by atoms with Gasteiger partial charge in [-0.05, 0) is 59.6 Å². The third-order valence-electron chi connectivity index (χ3n) is 3.17. The molecule has 0 aromatic carbocycles. The lowest BCUT2D eigenvalue weighted by molar-refractivity contribution is 0.181. The number of hydrogen-bond acceptors (Lipinski definition) is 3. The van der Waals surface area contributed by atoms with Crippen LogP contribution >= 0.6 is 27.3 Å². The highest BCUT2D eigenvalue weighted by Crippen LogP contribution is 2.26. The Hall–Kier alpha value is 0.1000. The van der Waals surface area contributed by atoms with Gasteiger partial charge in [0.15, 0.2) is 0 Å². The summed E-state index contributed by atoms with van der Waals surface area (Å²) in [6.45, 7) is 1.90. The topological polar surface area (TPSA) is 21.3 Å². The Morgan fingerprint density at radius 2 is 2.56 bits per heavy atom. The van der Waals surface area contributed by atoms with Gasteiger partial charge in [0, 0.05) is 28.6 Å². The zero-order valence-corrected chi connectivity index (χ0v) is 11.9. The van der Waals surface area contributed by atoms with Crippen molar-refractivity contribution in [3.63, 3.8) is 0 Å². The third-order valence-corrected chi connectivity index (χ3v) is 5.12. The molecule has 0 aliphatic carbocycles. The number of hydrogen-bond donors (Lipinski definition) is 1. The van der Waals surface area contributed by atoms with E-state index in [1.807, 2.05) is 11.3 Å². The molecule has 1 N–H and O–H groups in total. The van der Waals surface area contributed by atoms with Crippen molar-refractivity contribution in [1.82, 2.24) is 5.32 Å². The Labute approximate surface area is 110 Å². The van der Waals surface area contributed by atoms with Gasteiger partial charge >= 0.3 is 0 Å². The fourth-order valence-electron chi connectivity index (χ4n) is 2.17. The standard InChI is InChI=1S/C12H18BrNOS/c1-14-10(6-9-2-4-15-8-9)7-12-11(13)3-5-16-12/h3,5,9-10,14H,2,4,6-8H2,1H3. The van der Waals surface area contributed by atoms with Crippen LogP contribution in [0.2, 0.25) is 0 Å². The summed E-state index contributed by atoms with van der Waals surface area (Å²) in [5.74, 6) is 0.746. The SMILES string of the molecule is CNC(Cc1sccc1Br)CC1CCOC1. The van der Waals surface area contributed by atoms with Crippen LogP contribution in [0.4, 0.5) is 0 Å². The van der Waals surface area contributed by atoms with Crippen LogP contribution in [0, 0.1) is 5.92 Å². The molecule has 2 atom stereocenters. The molecule has 0 saturated carbocycles. The average Bonchev–Trinajstić information content (AvgIpc) is 2.90. The van der Waals surface area contributed by atoms with Gasteiger partial charge in [-0.15, -0.1) is 11.3 Å². The second-order valence-electron chi connectivity index (χ2n) is 4.35. The molecule has 1 aliphatic rings. The Kier molecular flexibility index (Phi) is 4.82. The van der Waals surface area contributed by atoms with Gasteiger partial charge in [0.05, 0.1) is 0 Å². The van der Waals surface area contributed by atoms with Gasteiger partial charge in [-0.2, -0.15) is 0 Å². The van der Waals surface area contributed by atoms with Crippen LogP contribution in [0.3, 0.4) is 0 Å². The molecular weight excluding hydrogens is 286 g/mol. The molecule has 0 amide bonds. The lowest BCUT2D eigenvalue weighted by Crippen LogP contribution is -2.30. The van der Waals surface area contributed by atoms with Crippen molar-refractivity contribution in [3.05, 3.63) is 20.8 Å². The van der Waals surface area contributed by atoms with E-state index in [2.05, 4.69) is 39.7 Å². The van der Waals surface area contributed by atoms with Crippen LogP contribution in [0.1, 0.15) is 17.7 Å². The van der Waals surface area contributed by atoms with Gasteiger partial charge in [0.25, 0.3) is 0 Å². The van der Waals surface area contributed by atoms with E-state index in [1.165, 1.54) is 22.2 Å². The molecule has 0 bridgehead atoms. The van der Waals surface area contributed by atoms with Crippen molar-refractivity contribution in [1.29, 1.82) is 0 Å². The van der Waals surface area contributed by atoms with E-state index in [4.69, 9.17) is 4.74 Å². The van der Waals surface area contributed by atoms with Crippen LogP contribution in [0.25, 0.3) is 0 Å². The number of halogens is 1. The Balaban J connectivity index is 1.87. The van der Waals surface area contributed by atoms with E-state index < -0.39 is 0 Å². The summed E-state index contributed by atoms with van der Waals surface area (Å²) >= 11 is 5.43. The minimum atomic E-state index is 0.571. The lowest BCUT2D eigenvalue weighted by Gasteiger charge is -2.18. The van der Waals surface area contributed by atoms with Gasteiger partial charge in [-0.3, -0.25) is 0 Å². The highest BCUT2D eigenvalue weighted by molar-refractivity contribution is 9.10. The second-order valence-corrected chi connectivity index (χ2v) is 6.20. The summed E-state index contributed by atoms with van der Waals surface area (Å²) in [7, 11) is 2.06. The van der Waals surface area contributed by atoms with Crippen LogP contribution in [0.5, 0.6) is 0 Å². The molecule has 2 unspecified atom stereocenters. The highest BCUT2D eigenvalue weighted by atomic mass is 79.9. The Bertz CT molecular complexity index is 323. The van der Waals surface area contributed by atoms with E-state index in [9.17, 15) is 0 Å². The predicted octanol–water partition coefficient (Wildman–Crippen LogP) is 3.07. The summed E-state index contributed by atoms with van der Waals surface area (Å²) in [6.07, 6.45) is 3.57. The van der Waals surface area contributed by atoms with Crippen LogP contribution in [0.15, 0.2) is 15.9 Å². The van der Waals surface area contributed by atoms with Crippen LogP contribution in [-0.4, -0.2) is 26.3 Å². The molecule has 2 heterocycles. The Morgan fingerprint density at radius 1 is 1.69 bits per heavy atom. The second kappa shape index (κ2) is 6.15. The molecule has 1 saturated heterocycles. The molecule has 90 valence electrons. The van der Waals surface area contributed by atoms with Crippen molar-refractivity contribution >= 4 is 27.3 Å². The van der Waals surface area contributed by atoms with Gasteiger partial charge in [0.1, 0.15) is 0 Å². The van der Waals surface area contributed by atoms with E-state index >= 15 is 0 Å². The summed E-state index contributed by atoms with van der Waals surface area (Å²) in [5, 5.41) is 5.57. The van der Waals surface area contributed by atoms with Gasteiger partial charge in [0.2, 0.25) is 0 Å². The quantitative estimate of drug-likeness (QED) is 0.902. The largest absolute Gasteiger partial charge is 0.381 e. The van der Waals surface area contributed by atoms with Crippen LogP contribution < -0.4 is 5.32 Å². The monoisotopic (exact) mass is 303 g/mol. The normalized spacial score (nSPS) is 22.5. The summed E-state index contributed by atoms with van der Waals surface area (Å²) in [6, 6.07) is 2.70. The minimum absolute atomic E-state index is 0.571. The fraction of sp³-hybridized carbons (Fsp3) is 0.667. The maximum Gasteiger partial charge on any atom is 0.0495 e. The van der Waals surface area contributed by atoms with Crippen molar-refractivity contribution in [3.8, 4) is 0 Å². The zero-order chi connectivity index (χ0) is 11.4. The molecule has 1 aliphatic heterocycles. The first-order valence-corrected chi connectivity index (χ1v) is 7.43. The van der Waals surface area contributed by atoms with Gasteiger partial charge in [-0.25, -0.2) is 0 Å². The maximum atomic E-state index is 5.43. The summed E-state index contributed by atoms with van der Waals surface area (Å²) in [4.78, 5) is 1.44. The molecular formula is C12H18BrNOS. The first-order valence-electron chi connectivity index (χ1n) is 5.76. The molecule has 1 fully saturated rings. The predicted molar refractivity (Wildman–Crippen MR) is 72.1 cm³/mol. The van der Waals surface area contributed by atoms with Crippen molar-refractivity contribution in [2.45, 2.75) is 25.3 Å². The average molecular weight is 304 g/mol. The molecule has 16 heavy (non-hydrogen) atoms. The zero-order valence-electron chi connectivity index (χ0n) is 9.54. The number of thiophene rings is 1. The molecule has 0 spiro atoms. The molecule has 2 rings (SSSR count). The molecule has 1 aromatic rings. The summed E-state index contributed by atoms with van der Waals surface area (Å²) < 4.78 is 6.68. The van der Waals surface area contributed by atoms with E-state index in [0.717, 1.165) is 25.6 Å². The van der Waals surface area contributed by atoms with Crippen molar-refractivity contribution in [2.75, 3.05) is 20.3 Å². The number of rotatable bonds is 5. The van der Waals surface area contributed by atoms with E-state index in [-0.39, 0.29) is 0 Å². The number of likely N-dealkylation sites (N-methyl/N-ethyl adjacent to an activating group) is 1. The minimum Gasteiger partial charge on any atom is -0.381 e. The molecule has 2 nitrogen and oxygen atoms in total.